The van der Waals surface area contributed by atoms with Gasteiger partial charge in [-0.15, -0.1) is 0 Å². The Morgan fingerprint density at radius 2 is 2.10 bits per heavy atom. The van der Waals surface area contributed by atoms with Crippen molar-refractivity contribution in [2.45, 2.75) is 6.92 Å². The fraction of sp³-hybridized carbons (Fsp3) is 0.143. The van der Waals surface area contributed by atoms with Gasteiger partial charge in [-0.1, -0.05) is 5.46 Å². The highest BCUT2D eigenvalue weighted by molar-refractivity contribution is 6.32. The van der Waals surface area contributed by atoms with Crippen LogP contribution in [0, 0.1) is 12.7 Å². The third-order valence-electron chi connectivity index (χ3n) is 1.39. The number of anilines is 1. The highest BCUT2D eigenvalue weighted by atomic mass is 19.1. The first-order chi connectivity index (χ1) is 4.61. The highest BCUT2D eigenvalue weighted by Crippen LogP contribution is 2.08. The molecule has 2 N–H and O–H groups in total. The minimum atomic E-state index is -0.410. The van der Waals surface area contributed by atoms with Crippen molar-refractivity contribution in [2.75, 3.05) is 5.73 Å². The predicted molar refractivity (Wildman–Crippen MR) is 40.9 cm³/mol. The predicted octanol–water partition coefficient (Wildman–Crippen LogP) is 0.510. The molecule has 3 heteroatoms. The van der Waals surface area contributed by atoms with Crippen LogP contribution >= 0.6 is 0 Å². The van der Waals surface area contributed by atoms with Crippen molar-refractivity contribution in [1.82, 2.24) is 0 Å². The van der Waals surface area contributed by atoms with Gasteiger partial charge in [-0.3, -0.25) is 0 Å². The summed E-state index contributed by atoms with van der Waals surface area (Å²) in [5, 5.41) is 0. The van der Waals surface area contributed by atoms with Crippen molar-refractivity contribution in [2.24, 2.45) is 0 Å². The van der Waals surface area contributed by atoms with Crippen LogP contribution in [0.25, 0.3) is 0 Å². The maximum atomic E-state index is 12.6. The minimum absolute atomic E-state index is 0.100. The summed E-state index contributed by atoms with van der Waals surface area (Å²) in [5.74, 6) is -0.410. The quantitative estimate of drug-likeness (QED) is 0.407. The van der Waals surface area contributed by atoms with Gasteiger partial charge in [0.15, 0.2) is 0 Å². The average Bonchev–Trinajstić information content (AvgIpc) is 1.84. The Bertz CT molecular complexity index is 210. The van der Waals surface area contributed by atoms with Crippen LogP contribution in [0.2, 0.25) is 0 Å². The largest absolute Gasteiger partial charge is 0.399 e. The lowest BCUT2D eigenvalue weighted by Crippen LogP contribution is -2.10. The summed E-state index contributed by atoms with van der Waals surface area (Å²) >= 11 is 0. The molecule has 0 unspecified atom stereocenters. The summed E-state index contributed by atoms with van der Waals surface area (Å²) in [6.45, 7) is 1.73. The number of rotatable bonds is 0. The molecule has 0 saturated heterocycles. The Hall–Kier alpha value is -0.985. The third-order valence-corrected chi connectivity index (χ3v) is 1.39. The zero-order valence-corrected chi connectivity index (χ0v) is 5.69. The number of nitrogen functional groups attached to an aromatic ring is 1. The lowest BCUT2D eigenvalue weighted by molar-refractivity contribution is 0.635. The molecule has 1 aromatic carbocycles. The fourth-order valence-electron chi connectivity index (χ4n) is 0.707. The molecule has 0 saturated carbocycles. The highest BCUT2D eigenvalue weighted by Gasteiger charge is 1.98. The zero-order valence-electron chi connectivity index (χ0n) is 5.69. The molecule has 1 nitrogen and oxygen atoms in total. The van der Waals surface area contributed by atoms with Gasteiger partial charge in [0.05, 0.1) is 0 Å². The normalized spacial score (nSPS) is 9.80. The Balaban J connectivity index is 3.28. The summed E-state index contributed by atoms with van der Waals surface area (Å²) in [4.78, 5) is 0. The SMILES string of the molecule is [B]c1cc(N)c(C)cc1F. The molecule has 10 heavy (non-hydrogen) atoms. The molecular formula is C7H7BFN. The Kier molecular flexibility index (Phi) is 1.66. The molecule has 0 spiro atoms. The Morgan fingerprint density at radius 1 is 1.50 bits per heavy atom. The molecule has 0 aliphatic carbocycles. The van der Waals surface area contributed by atoms with E-state index in [-0.39, 0.29) is 5.46 Å². The van der Waals surface area contributed by atoms with E-state index in [9.17, 15) is 4.39 Å². The van der Waals surface area contributed by atoms with Crippen LogP contribution in [0.1, 0.15) is 5.56 Å². The maximum absolute atomic E-state index is 12.6. The van der Waals surface area contributed by atoms with Crippen molar-refractivity contribution in [1.29, 1.82) is 0 Å². The lowest BCUT2D eigenvalue weighted by atomic mass is 9.94. The minimum Gasteiger partial charge on any atom is -0.399 e. The number of nitrogens with two attached hydrogens (primary N) is 1. The van der Waals surface area contributed by atoms with Crippen molar-refractivity contribution in [3.05, 3.63) is 23.5 Å². The molecule has 1 aromatic rings. The summed E-state index contributed by atoms with van der Waals surface area (Å²) in [7, 11) is 5.23. The number of benzene rings is 1. The zero-order chi connectivity index (χ0) is 7.72. The van der Waals surface area contributed by atoms with Crippen LogP contribution in [-0.2, 0) is 0 Å². The van der Waals surface area contributed by atoms with Gasteiger partial charge in [0.1, 0.15) is 13.7 Å². The summed E-state index contributed by atoms with van der Waals surface area (Å²) in [6.07, 6.45) is 0. The van der Waals surface area contributed by atoms with E-state index in [4.69, 9.17) is 13.6 Å². The van der Waals surface area contributed by atoms with E-state index < -0.39 is 5.82 Å². The number of halogens is 1. The first-order valence-corrected chi connectivity index (χ1v) is 2.92. The van der Waals surface area contributed by atoms with Crippen molar-refractivity contribution in [3.8, 4) is 0 Å². The average molecular weight is 135 g/mol. The number of aryl methyl sites for hydroxylation is 1. The Morgan fingerprint density at radius 3 is 2.60 bits per heavy atom. The first-order valence-electron chi connectivity index (χ1n) is 2.92. The molecule has 0 aliphatic rings. The van der Waals surface area contributed by atoms with Crippen molar-refractivity contribution < 1.29 is 4.39 Å². The first kappa shape index (κ1) is 7.13. The Labute approximate surface area is 60.5 Å². The second-order valence-electron chi connectivity index (χ2n) is 2.23. The van der Waals surface area contributed by atoms with Gasteiger partial charge in [0, 0.05) is 5.69 Å². The van der Waals surface area contributed by atoms with E-state index >= 15 is 0 Å². The lowest BCUT2D eigenvalue weighted by Gasteiger charge is -2.01. The molecule has 0 aromatic heterocycles. The molecular weight excluding hydrogens is 128 g/mol. The van der Waals surface area contributed by atoms with E-state index in [0.717, 1.165) is 0 Å². The fourth-order valence-corrected chi connectivity index (χ4v) is 0.707. The smallest absolute Gasteiger partial charge is 0.118 e. The molecule has 0 fully saturated rings. The molecule has 0 heterocycles. The maximum Gasteiger partial charge on any atom is 0.118 e. The van der Waals surface area contributed by atoms with Gasteiger partial charge < -0.3 is 5.73 Å². The molecule has 0 amide bonds. The van der Waals surface area contributed by atoms with E-state index in [2.05, 4.69) is 0 Å². The summed E-state index contributed by atoms with van der Waals surface area (Å²) < 4.78 is 12.6. The van der Waals surface area contributed by atoms with Crippen molar-refractivity contribution in [3.63, 3.8) is 0 Å². The van der Waals surface area contributed by atoms with Gasteiger partial charge in [0.2, 0.25) is 0 Å². The van der Waals surface area contributed by atoms with Gasteiger partial charge in [-0.2, -0.15) is 0 Å². The topological polar surface area (TPSA) is 26.0 Å². The second kappa shape index (κ2) is 2.33. The summed E-state index contributed by atoms with van der Waals surface area (Å²) in [5.41, 5.74) is 6.78. The van der Waals surface area contributed by atoms with Crippen LogP contribution in [0.4, 0.5) is 10.1 Å². The van der Waals surface area contributed by atoms with Gasteiger partial charge in [-0.05, 0) is 24.6 Å². The van der Waals surface area contributed by atoms with E-state index in [1.54, 1.807) is 6.92 Å². The van der Waals surface area contributed by atoms with E-state index in [1.807, 2.05) is 0 Å². The monoisotopic (exact) mass is 135 g/mol. The molecule has 0 atom stereocenters. The molecule has 1 rings (SSSR count). The van der Waals surface area contributed by atoms with E-state index in [0.29, 0.717) is 11.3 Å². The van der Waals surface area contributed by atoms with Crippen LogP contribution in [0.15, 0.2) is 12.1 Å². The van der Waals surface area contributed by atoms with Gasteiger partial charge in [-0.25, -0.2) is 4.39 Å². The number of hydrogen-bond acceptors (Lipinski definition) is 1. The van der Waals surface area contributed by atoms with Gasteiger partial charge >= 0.3 is 0 Å². The number of hydrogen-bond donors (Lipinski definition) is 1. The third kappa shape index (κ3) is 1.13. The van der Waals surface area contributed by atoms with E-state index in [1.165, 1.54) is 12.1 Å². The van der Waals surface area contributed by atoms with Crippen molar-refractivity contribution >= 4 is 19.0 Å². The molecule has 2 radical (unpaired) electrons. The van der Waals surface area contributed by atoms with Gasteiger partial charge in [0.25, 0.3) is 0 Å². The molecule has 0 bridgehead atoms. The summed E-state index contributed by atoms with van der Waals surface area (Å²) in [6, 6.07) is 2.75. The van der Waals surface area contributed by atoms with Crippen LogP contribution in [0.3, 0.4) is 0 Å². The molecule has 0 aliphatic heterocycles. The molecule has 50 valence electrons. The standard InChI is InChI=1S/C7H7BFN/c1-4-2-6(9)5(8)3-7(4)10/h2-3H,10H2,1H3. The van der Waals surface area contributed by atoms with Crippen LogP contribution in [-0.4, -0.2) is 7.85 Å². The van der Waals surface area contributed by atoms with Crippen LogP contribution in [0.5, 0.6) is 0 Å². The van der Waals surface area contributed by atoms with Crippen LogP contribution < -0.4 is 11.2 Å². The second-order valence-corrected chi connectivity index (χ2v) is 2.23.